The molecule has 35 heavy (non-hydrogen) atoms. The minimum absolute atomic E-state index is 0.106. The van der Waals surface area contributed by atoms with Crippen molar-refractivity contribution in [2.75, 3.05) is 33.3 Å². The summed E-state index contributed by atoms with van der Waals surface area (Å²) in [6.45, 7) is 4.15. The average Bonchev–Trinajstić information content (AvgIpc) is 3.23. The Morgan fingerprint density at radius 1 is 1.11 bits per heavy atom. The van der Waals surface area contributed by atoms with Crippen LogP contribution in [0, 0.1) is 0 Å². The van der Waals surface area contributed by atoms with Crippen LogP contribution in [-0.2, 0) is 29.7 Å². The lowest BCUT2D eigenvalue weighted by Crippen LogP contribution is -2.50. The Hall–Kier alpha value is -2.69. The number of fused-ring (bicyclic) bond motifs is 1. The Balaban J connectivity index is 1.36. The molecule has 1 aromatic carbocycles. The lowest BCUT2D eigenvalue weighted by Gasteiger charge is -2.35. The molecule has 1 N–H and O–H groups in total. The quantitative estimate of drug-likeness (QED) is 0.629. The molecule has 4 heterocycles. The van der Waals surface area contributed by atoms with Crippen molar-refractivity contribution in [3.05, 3.63) is 53.3 Å². The number of carbonyl (C=O) groups is 1. The van der Waals surface area contributed by atoms with E-state index < -0.39 is 10.0 Å². The fraction of sp³-hybridized carbons (Fsp3) is 0.520. The fourth-order valence-electron chi connectivity index (χ4n) is 5.04. The maximum atomic E-state index is 13.4. The average molecular weight is 500 g/mol. The molecule has 2 aromatic rings. The van der Waals surface area contributed by atoms with Gasteiger partial charge in [-0.25, -0.2) is 13.2 Å². The lowest BCUT2D eigenvalue weighted by molar-refractivity contribution is 0.116. The van der Waals surface area contributed by atoms with Crippen LogP contribution in [0.15, 0.2) is 41.4 Å². The molecule has 2 fully saturated rings. The molecule has 2 amide bonds. The van der Waals surface area contributed by atoms with Gasteiger partial charge < -0.3 is 15.0 Å². The predicted molar refractivity (Wildman–Crippen MR) is 131 cm³/mol. The first-order valence-corrected chi connectivity index (χ1v) is 13.8. The first-order valence-electron chi connectivity index (χ1n) is 12.3. The predicted octanol–water partition coefficient (Wildman–Crippen LogP) is 2.56. The molecule has 0 bridgehead atoms. The third-order valence-electron chi connectivity index (χ3n) is 7.15. The first kappa shape index (κ1) is 24.0. The standard InChI is InChI=1S/C25H33N5O4S/c1-26-25(31)30-12-5-4-9-22(30)18-34-23-14-27-21(13-24(23)35(32,33)29-10-6-11-29)17-28-15-19-7-2-3-8-20(19)16-28/h2-3,7-8,13-14,22H,4-6,9-12,15-18H2,1H3,(H,26,31). The second kappa shape index (κ2) is 10.1. The van der Waals surface area contributed by atoms with Crippen molar-refractivity contribution in [2.24, 2.45) is 0 Å². The highest BCUT2D eigenvalue weighted by atomic mass is 32.2. The molecule has 188 valence electrons. The van der Waals surface area contributed by atoms with Gasteiger partial charge >= 0.3 is 6.03 Å². The number of likely N-dealkylation sites (tertiary alicyclic amines) is 1. The van der Waals surface area contributed by atoms with Gasteiger partial charge in [-0.2, -0.15) is 4.31 Å². The van der Waals surface area contributed by atoms with E-state index in [1.54, 1.807) is 18.0 Å². The van der Waals surface area contributed by atoms with E-state index >= 15 is 0 Å². The number of ether oxygens (including phenoxy) is 1. The van der Waals surface area contributed by atoms with Gasteiger partial charge in [0, 0.05) is 46.3 Å². The molecule has 1 unspecified atom stereocenters. The highest BCUT2D eigenvalue weighted by Crippen LogP contribution is 2.31. The summed E-state index contributed by atoms with van der Waals surface area (Å²) in [4.78, 5) is 21.1. The fourth-order valence-corrected chi connectivity index (χ4v) is 6.71. The summed E-state index contributed by atoms with van der Waals surface area (Å²) >= 11 is 0. The summed E-state index contributed by atoms with van der Waals surface area (Å²) in [6.07, 6.45) is 5.19. The normalized spacial score (nSPS) is 20.8. The van der Waals surface area contributed by atoms with E-state index in [0.29, 0.717) is 31.9 Å². The van der Waals surface area contributed by atoms with Crippen molar-refractivity contribution in [1.29, 1.82) is 0 Å². The van der Waals surface area contributed by atoms with Crippen molar-refractivity contribution in [3.63, 3.8) is 0 Å². The molecule has 1 aromatic heterocycles. The zero-order valence-electron chi connectivity index (χ0n) is 20.1. The Morgan fingerprint density at radius 2 is 1.86 bits per heavy atom. The van der Waals surface area contributed by atoms with Crippen LogP contribution in [0.2, 0.25) is 0 Å². The van der Waals surface area contributed by atoms with E-state index in [1.165, 1.54) is 21.6 Å². The number of benzene rings is 1. The van der Waals surface area contributed by atoms with E-state index in [0.717, 1.165) is 38.8 Å². The van der Waals surface area contributed by atoms with Gasteiger partial charge in [0.1, 0.15) is 11.5 Å². The summed E-state index contributed by atoms with van der Waals surface area (Å²) in [5.74, 6) is 0.257. The van der Waals surface area contributed by atoms with Crippen molar-refractivity contribution in [2.45, 2.75) is 56.3 Å². The van der Waals surface area contributed by atoms with E-state index in [-0.39, 0.29) is 29.3 Å². The number of amides is 2. The van der Waals surface area contributed by atoms with Gasteiger partial charge in [0.05, 0.1) is 17.9 Å². The van der Waals surface area contributed by atoms with Crippen molar-refractivity contribution < 1.29 is 17.9 Å². The number of hydrogen-bond donors (Lipinski definition) is 1. The molecule has 0 radical (unpaired) electrons. The molecule has 1 atom stereocenters. The van der Waals surface area contributed by atoms with Gasteiger partial charge in [0.2, 0.25) is 10.0 Å². The van der Waals surface area contributed by atoms with Gasteiger partial charge in [0.15, 0.2) is 5.75 Å². The van der Waals surface area contributed by atoms with Gasteiger partial charge in [-0.1, -0.05) is 24.3 Å². The number of sulfonamides is 1. The van der Waals surface area contributed by atoms with Crippen molar-refractivity contribution in [1.82, 2.24) is 24.4 Å². The van der Waals surface area contributed by atoms with Crippen molar-refractivity contribution in [3.8, 4) is 5.75 Å². The number of rotatable bonds is 7. The molecule has 2 saturated heterocycles. The Bertz CT molecular complexity index is 1160. The van der Waals surface area contributed by atoms with Gasteiger partial charge in [0.25, 0.3) is 0 Å². The third-order valence-corrected chi connectivity index (χ3v) is 9.07. The molecule has 0 spiro atoms. The number of aromatic nitrogens is 1. The molecule has 0 aliphatic carbocycles. The summed E-state index contributed by atoms with van der Waals surface area (Å²) in [7, 11) is -2.05. The Kier molecular flexibility index (Phi) is 6.95. The lowest BCUT2D eigenvalue weighted by atomic mass is 10.0. The maximum Gasteiger partial charge on any atom is 0.317 e. The first-order chi connectivity index (χ1) is 17.0. The number of piperidine rings is 1. The summed E-state index contributed by atoms with van der Waals surface area (Å²) < 4.78 is 34.4. The van der Waals surface area contributed by atoms with E-state index in [1.807, 2.05) is 12.1 Å². The molecule has 3 aliphatic heterocycles. The third kappa shape index (κ3) is 5.00. The molecular formula is C25H33N5O4S. The number of nitrogens with zero attached hydrogens (tertiary/aromatic N) is 4. The molecule has 10 heteroatoms. The van der Waals surface area contributed by atoms with Crippen molar-refractivity contribution >= 4 is 16.1 Å². The van der Waals surface area contributed by atoms with Crippen LogP contribution in [0.4, 0.5) is 4.79 Å². The highest BCUT2D eigenvalue weighted by Gasteiger charge is 2.34. The van der Waals surface area contributed by atoms with Gasteiger partial charge in [-0.05, 0) is 42.9 Å². The SMILES string of the molecule is CNC(=O)N1CCCCC1COc1cnc(CN2Cc3ccccc3C2)cc1S(=O)(=O)N1CCC1. The zero-order chi connectivity index (χ0) is 24.4. The topological polar surface area (TPSA) is 95.1 Å². The summed E-state index contributed by atoms with van der Waals surface area (Å²) in [6, 6.07) is 9.78. The minimum atomic E-state index is -3.67. The van der Waals surface area contributed by atoms with Crippen LogP contribution in [0.3, 0.4) is 0 Å². The Morgan fingerprint density at radius 3 is 2.51 bits per heavy atom. The number of pyridine rings is 1. The second-order valence-corrected chi connectivity index (χ2v) is 11.4. The zero-order valence-corrected chi connectivity index (χ0v) is 21.0. The number of carbonyl (C=O) groups excluding carboxylic acids is 1. The molecule has 3 aliphatic rings. The summed E-state index contributed by atoms with van der Waals surface area (Å²) in [5, 5.41) is 2.69. The molecule has 5 rings (SSSR count). The van der Waals surface area contributed by atoms with Crippen LogP contribution < -0.4 is 10.1 Å². The van der Waals surface area contributed by atoms with Crippen LogP contribution in [0.1, 0.15) is 42.5 Å². The molecule has 9 nitrogen and oxygen atoms in total. The smallest absolute Gasteiger partial charge is 0.317 e. The Labute approximate surface area is 207 Å². The van der Waals surface area contributed by atoms with Crippen LogP contribution in [0.25, 0.3) is 0 Å². The second-order valence-electron chi connectivity index (χ2n) is 9.50. The number of urea groups is 1. The van der Waals surface area contributed by atoms with E-state index in [2.05, 4.69) is 27.3 Å². The molecule has 0 saturated carbocycles. The number of hydrogen-bond acceptors (Lipinski definition) is 6. The monoisotopic (exact) mass is 499 g/mol. The van der Waals surface area contributed by atoms with Gasteiger partial charge in [-0.3, -0.25) is 9.88 Å². The van der Waals surface area contributed by atoms with E-state index in [9.17, 15) is 13.2 Å². The minimum Gasteiger partial charge on any atom is -0.488 e. The van der Waals surface area contributed by atoms with Crippen LogP contribution in [0.5, 0.6) is 5.75 Å². The highest BCUT2D eigenvalue weighted by molar-refractivity contribution is 7.89. The largest absolute Gasteiger partial charge is 0.488 e. The van der Waals surface area contributed by atoms with Crippen LogP contribution in [-0.4, -0.2) is 72.9 Å². The molecular weight excluding hydrogens is 466 g/mol. The van der Waals surface area contributed by atoms with Crippen LogP contribution >= 0.6 is 0 Å². The number of nitrogens with one attached hydrogen (secondary N) is 1. The van der Waals surface area contributed by atoms with Gasteiger partial charge in [-0.15, -0.1) is 0 Å². The summed E-state index contributed by atoms with van der Waals surface area (Å²) in [5.41, 5.74) is 3.30. The maximum absolute atomic E-state index is 13.4. The van der Waals surface area contributed by atoms with E-state index in [4.69, 9.17) is 4.74 Å².